The molecule has 7 heteroatoms. The summed E-state index contributed by atoms with van der Waals surface area (Å²) in [6, 6.07) is 11.3. The Hall–Kier alpha value is -2.02. The molecule has 0 bridgehead atoms. The smallest absolute Gasteiger partial charge is 0.333 e. The zero-order valence-corrected chi connectivity index (χ0v) is 21.0. The SMILES string of the molecule is COC(C(=O)O)C1(C(C)C)c2ccc(F)cc2CCC1CCNCCCc1ccc(F)cc1.Cl. The van der Waals surface area contributed by atoms with E-state index < -0.39 is 17.5 Å². The van der Waals surface area contributed by atoms with Gasteiger partial charge in [0.2, 0.25) is 0 Å². The van der Waals surface area contributed by atoms with Crippen LogP contribution in [0, 0.1) is 23.5 Å². The van der Waals surface area contributed by atoms with E-state index in [2.05, 4.69) is 5.32 Å². The molecule has 4 nitrogen and oxygen atoms in total. The van der Waals surface area contributed by atoms with Crippen LogP contribution in [-0.2, 0) is 27.8 Å². The molecule has 0 saturated carbocycles. The molecule has 0 heterocycles. The molecule has 0 aromatic heterocycles. The van der Waals surface area contributed by atoms with Gasteiger partial charge < -0.3 is 15.2 Å². The number of carboxylic acid groups (broad SMARTS) is 1. The van der Waals surface area contributed by atoms with E-state index in [1.807, 2.05) is 26.0 Å². The Labute approximate surface area is 207 Å². The standard InChI is InChI=1S/C27H35F2NO3.ClH/c1-18(2)27(25(33-3)26(31)32)21(9-8-20-17-23(29)12-13-24(20)27)14-16-30-15-4-5-19-6-10-22(28)11-7-19;/h6-7,10-13,17-18,21,25,30H,4-5,8-9,14-16H2,1-3H3,(H,31,32);1H. The van der Waals surface area contributed by atoms with Gasteiger partial charge in [0.1, 0.15) is 11.6 Å². The summed E-state index contributed by atoms with van der Waals surface area (Å²) < 4.78 is 32.6. The normalized spacial score (nSPS) is 20.5. The molecule has 3 atom stereocenters. The number of methoxy groups -OCH3 is 1. The van der Waals surface area contributed by atoms with Crippen molar-refractivity contribution in [3.05, 3.63) is 70.8 Å². The summed E-state index contributed by atoms with van der Waals surface area (Å²) in [4.78, 5) is 12.3. The number of aliphatic carboxylic acids is 1. The topological polar surface area (TPSA) is 58.6 Å². The first kappa shape index (κ1) is 28.2. The van der Waals surface area contributed by atoms with E-state index in [9.17, 15) is 18.7 Å². The Bertz CT molecular complexity index is 938. The van der Waals surface area contributed by atoms with Crippen LogP contribution in [0.4, 0.5) is 8.78 Å². The largest absolute Gasteiger partial charge is 0.479 e. The molecule has 0 fully saturated rings. The van der Waals surface area contributed by atoms with Gasteiger partial charge in [0, 0.05) is 12.5 Å². The van der Waals surface area contributed by atoms with Crippen LogP contribution in [0.15, 0.2) is 42.5 Å². The molecule has 0 amide bonds. The number of hydrogen-bond acceptors (Lipinski definition) is 3. The number of carbonyl (C=O) groups is 1. The van der Waals surface area contributed by atoms with Gasteiger partial charge in [-0.05, 0) is 98.0 Å². The van der Waals surface area contributed by atoms with Gasteiger partial charge in [0.25, 0.3) is 0 Å². The van der Waals surface area contributed by atoms with Crippen LogP contribution in [0.3, 0.4) is 0 Å². The third-order valence-electron chi connectivity index (χ3n) is 7.22. The number of hydrogen-bond donors (Lipinski definition) is 2. The average molecular weight is 496 g/mol. The van der Waals surface area contributed by atoms with E-state index in [0.29, 0.717) is 0 Å². The molecule has 3 rings (SSSR count). The van der Waals surface area contributed by atoms with E-state index in [1.165, 1.54) is 25.3 Å². The second-order valence-corrected chi connectivity index (χ2v) is 9.35. The van der Waals surface area contributed by atoms with Crippen molar-refractivity contribution in [1.82, 2.24) is 5.32 Å². The fraction of sp³-hybridized carbons (Fsp3) is 0.519. The van der Waals surface area contributed by atoms with Crippen LogP contribution in [0.25, 0.3) is 0 Å². The van der Waals surface area contributed by atoms with Crippen molar-refractivity contribution in [2.75, 3.05) is 20.2 Å². The van der Waals surface area contributed by atoms with Gasteiger partial charge in [-0.2, -0.15) is 0 Å². The van der Waals surface area contributed by atoms with Gasteiger partial charge >= 0.3 is 5.97 Å². The maximum absolute atomic E-state index is 14.0. The molecule has 188 valence electrons. The first-order valence-corrected chi connectivity index (χ1v) is 11.8. The Morgan fingerprint density at radius 3 is 2.44 bits per heavy atom. The second kappa shape index (κ2) is 12.6. The van der Waals surface area contributed by atoms with E-state index in [-0.39, 0.29) is 35.9 Å². The highest BCUT2D eigenvalue weighted by atomic mass is 35.5. The van der Waals surface area contributed by atoms with Crippen LogP contribution in [-0.4, -0.2) is 37.4 Å². The van der Waals surface area contributed by atoms with Crippen molar-refractivity contribution >= 4 is 18.4 Å². The molecule has 0 spiro atoms. The lowest BCUT2D eigenvalue weighted by molar-refractivity contribution is -0.158. The van der Waals surface area contributed by atoms with Crippen LogP contribution in [0.1, 0.15) is 49.8 Å². The molecular formula is C27H36ClF2NO3. The maximum Gasteiger partial charge on any atom is 0.333 e. The Morgan fingerprint density at radius 1 is 1.15 bits per heavy atom. The summed E-state index contributed by atoms with van der Waals surface area (Å²) >= 11 is 0. The van der Waals surface area contributed by atoms with E-state index in [1.54, 1.807) is 12.1 Å². The van der Waals surface area contributed by atoms with E-state index in [0.717, 1.165) is 61.9 Å². The van der Waals surface area contributed by atoms with Crippen LogP contribution in [0.2, 0.25) is 0 Å². The van der Waals surface area contributed by atoms with Gasteiger partial charge in [0.05, 0.1) is 0 Å². The third kappa shape index (κ3) is 5.96. The maximum atomic E-state index is 14.0. The molecule has 3 unspecified atom stereocenters. The predicted octanol–water partition coefficient (Wildman–Crippen LogP) is 5.55. The highest BCUT2D eigenvalue weighted by Gasteiger charge is 2.54. The van der Waals surface area contributed by atoms with Gasteiger partial charge in [-0.3, -0.25) is 0 Å². The molecule has 2 aromatic carbocycles. The molecule has 1 aliphatic rings. The first-order chi connectivity index (χ1) is 15.8. The second-order valence-electron chi connectivity index (χ2n) is 9.35. The highest BCUT2D eigenvalue weighted by molar-refractivity contribution is 5.85. The zero-order valence-electron chi connectivity index (χ0n) is 20.2. The number of halogens is 3. The summed E-state index contributed by atoms with van der Waals surface area (Å²) in [6.07, 6.45) is 3.12. The van der Waals surface area contributed by atoms with Crippen LogP contribution in [0.5, 0.6) is 0 Å². The van der Waals surface area contributed by atoms with E-state index >= 15 is 0 Å². The zero-order chi connectivity index (χ0) is 24.0. The van der Waals surface area contributed by atoms with E-state index in [4.69, 9.17) is 4.74 Å². The predicted molar refractivity (Wildman–Crippen MR) is 133 cm³/mol. The van der Waals surface area contributed by atoms with Gasteiger partial charge in [0.15, 0.2) is 6.10 Å². The lowest BCUT2D eigenvalue weighted by Gasteiger charge is -2.51. The summed E-state index contributed by atoms with van der Waals surface area (Å²) in [5, 5.41) is 13.6. The molecule has 0 radical (unpaired) electrons. The number of fused-ring (bicyclic) bond motifs is 1. The number of carboxylic acids is 1. The average Bonchev–Trinajstić information content (AvgIpc) is 2.78. The minimum absolute atomic E-state index is 0. The van der Waals surface area contributed by atoms with Crippen molar-refractivity contribution in [3.8, 4) is 0 Å². The number of aryl methyl sites for hydroxylation is 2. The van der Waals surface area contributed by atoms with Gasteiger partial charge in [-0.1, -0.05) is 32.0 Å². The summed E-state index contributed by atoms with van der Waals surface area (Å²) in [5.41, 5.74) is 2.16. The van der Waals surface area contributed by atoms with Crippen molar-refractivity contribution in [2.24, 2.45) is 11.8 Å². The quantitative estimate of drug-likeness (QED) is 0.401. The summed E-state index contributed by atoms with van der Waals surface area (Å²) in [6.45, 7) is 5.66. The molecular weight excluding hydrogens is 460 g/mol. The highest BCUT2D eigenvalue weighted by Crippen LogP contribution is 2.51. The number of nitrogens with one attached hydrogen (secondary N) is 1. The fourth-order valence-corrected chi connectivity index (χ4v) is 5.77. The summed E-state index contributed by atoms with van der Waals surface area (Å²) in [7, 11) is 1.45. The van der Waals surface area contributed by atoms with Crippen molar-refractivity contribution < 1.29 is 23.4 Å². The minimum atomic E-state index is -1.01. The van der Waals surface area contributed by atoms with Gasteiger partial charge in [-0.15, -0.1) is 12.4 Å². The Morgan fingerprint density at radius 2 is 1.82 bits per heavy atom. The Balaban J connectivity index is 0.00000408. The number of benzene rings is 2. The molecule has 34 heavy (non-hydrogen) atoms. The minimum Gasteiger partial charge on any atom is -0.479 e. The van der Waals surface area contributed by atoms with Crippen LogP contribution >= 0.6 is 12.4 Å². The third-order valence-corrected chi connectivity index (χ3v) is 7.22. The number of rotatable bonds is 11. The number of ether oxygens (including phenoxy) is 1. The molecule has 0 aliphatic heterocycles. The lowest BCUT2D eigenvalue weighted by Crippen LogP contribution is -2.56. The molecule has 2 N–H and O–H groups in total. The lowest BCUT2D eigenvalue weighted by atomic mass is 9.54. The van der Waals surface area contributed by atoms with Crippen LogP contribution < -0.4 is 5.32 Å². The fourth-order valence-electron chi connectivity index (χ4n) is 5.77. The Kier molecular flexibility index (Phi) is 10.5. The van der Waals surface area contributed by atoms with Crippen molar-refractivity contribution in [2.45, 2.75) is 57.5 Å². The van der Waals surface area contributed by atoms with Crippen molar-refractivity contribution in [3.63, 3.8) is 0 Å². The molecule has 2 aromatic rings. The first-order valence-electron chi connectivity index (χ1n) is 11.8. The monoisotopic (exact) mass is 495 g/mol. The summed E-state index contributed by atoms with van der Waals surface area (Å²) in [5.74, 6) is -1.43. The van der Waals surface area contributed by atoms with Gasteiger partial charge in [-0.25, -0.2) is 13.6 Å². The van der Waals surface area contributed by atoms with Crippen molar-refractivity contribution in [1.29, 1.82) is 0 Å². The molecule has 1 aliphatic carbocycles. The molecule has 0 saturated heterocycles.